The fourth-order valence-corrected chi connectivity index (χ4v) is 4.01. The van der Waals surface area contributed by atoms with Crippen LogP contribution < -0.4 is 5.32 Å². The van der Waals surface area contributed by atoms with Gasteiger partial charge in [-0.3, -0.25) is 14.5 Å². The Balaban J connectivity index is 1.69. The molecule has 5 nitrogen and oxygen atoms in total. The number of fused-ring (bicyclic) bond motifs is 1. The number of nitrogens with one attached hydrogen (secondary N) is 1. The molecule has 2 amide bonds. The quantitative estimate of drug-likeness (QED) is 0.918. The minimum absolute atomic E-state index is 0.0434. The van der Waals surface area contributed by atoms with Crippen molar-refractivity contribution in [2.75, 3.05) is 25.0 Å². The molecule has 0 unspecified atom stereocenters. The van der Waals surface area contributed by atoms with Crippen LogP contribution in [-0.4, -0.2) is 47.3 Å². The highest BCUT2D eigenvalue weighted by atomic mass is 16.2. The van der Waals surface area contributed by atoms with E-state index in [1.54, 1.807) is 0 Å². The van der Waals surface area contributed by atoms with Gasteiger partial charge in [0.2, 0.25) is 11.8 Å². The second-order valence-electron chi connectivity index (χ2n) is 7.26. The Kier molecular flexibility index (Phi) is 5.74. The van der Waals surface area contributed by atoms with Gasteiger partial charge in [-0.15, -0.1) is 0 Å². The third kappa shape index (κ3) is 4.21. The van der Waals surface area contributed by atoms with Crippen LogP contribution in [0.15, 0.2) is 18.2 Å². The highest BCUT2D eigenvalue weighted by Gasteiger charge is 2.29. The molecule has 2 heterocycles. The number of carbonyl (C=O) groups is 2. The van der Waals surface area contributed by atoms with Crippen LogP contribution in [0.1, 0.15) is 50.7 Å². The Bertz CT molecular complexity index is 636. The monoisotopic (exact) mass is 343 g/mol. The van der Waals surface area contributed by atoms with E-state index < -0.39 is 0 Å². The molecule has 1 saturated heterocycles. The van der Waals surface area contributed by atoms with E-state index >= 15 is 0 Å². The first-order valence-corrected chi connectivity index (χ1v) is 9.47. The van der Waals surface area contributed by atoms with Crippen LogP contribution in [0.4, 0.5) is 5.69 Å². The predicted molar refractivity (Wildman–Crippen MR) is 99.4 cm³/mol. The minimum atomic E-state index is -0.0540. The molecule has 1 N–H and O–H groups in total. The van der Waals surface area contributed by atoms with E-state index in [2.05, 4.69) is 23.2 Å². The topological polar surface area (TPSA) is 52.7 Å². The van der Waals surface area contributed by atoms with Crippen LogP contribution in [0.2, 0.25) is 0 Å². The number of anilines is 1. The number of hydrogen-bond acceptors (Lipinski definition) is 3. The normalized spacial score (nSPS) is 19.7. The van der Waals surface area contributed by atoms with E-state index in [-0.39, 0.29) is 17.9 Å². The second-order valence-corrected chi connectivity index (χ2v) is 7.26. The molecule has 1 aromatic carbocycles. The molecule has 0 radical (unpaired) electrons. The molecular weight excluding hydrogens is 314 g/mol. The number of nitrogens with zero attached hydrogens (tertiary/aromatic N) is 2. The third-order valence-electron chi connectivity index (χ3n) is 5.43. The van der Waals surface area contributed by atoms with Gasteiger partial charge < -0.3 is 10.2 Å². The molecule has 2 aliphatic rings. The summed E-state index contributed by atoms with van der Waals surface area (Å²) in [7, 11) is 0. The number of rotatable bonds is 3. The summed E-state index contributed by atoms with van der Waals surface area (Å²) in [5, 5.41) is 2.91. The van der Waals surface area contributed by atoms with Crippen LogP contribution in [0.5, 0.6) is 0 Å². The van der Waals surface area contributed by atoms with Crippen LogP contribution in [0, 0.1) is 0 Å². The molecular formula is C20H29N3O2. The molecule has 136 valence electrons. The highest BCUT2D eigenvalue weighted by molar-refractivity contribution is 5.90. The molecule has 1 aromatic rings. The van der Waals surface area contributed by atoms with Crippen molar-refractivity contribution in [3.63, 3.8) is 0 Å². The molecule has 1 atom stereocenters. The van der Waals surface area contributed by atoms with E-state index in [0.29, 0.717) is 6.54 Å². The summed E-state index contributed by atoms with van der Waals surface area (Å²) in [5.74, 6) is 0.180. The summed E-state index contributed by atoms with van der Waals surface area (Å²) in [4.78, 5) is 28.7. The number of amides is 2. The van der Waals surface area contributed by atoms with Crippen molar-refractivity contribution in [3.8, 4) is 0 Å². The zero-order chi connectivity index (χ0) is 17.8. The van der Waals surface area contributed by atoms with Crippen LogP contribution in [-0.2, 0) is 22.6 Å². The van der Waals surface area contributed by atoms with Crippen LogP contribution in [0.25, 0.3) is 0 Å². The molecule has 5 heteroatoms. The number of hydrogen-bond donors (Lipinski definition) is 1. The lowest BCUT2D eigenvalue weighted by Crippen LogP contribution is -2.48. The molecule has 0 spiro atoms. The Labute approximate surface area is 150 Å². The second kappa shape index (κ2) is 8.00. The highest BCUT2D eigenvalue weighted by Crippen LogP contribution is 2.27. The van der Waals surface area contributed by atoms with E-state index in [9.17, 15) is 9.59 Å². The Hall–Kier alpha value is -1.88. The zero-order valence-corrected chi connectivity index (χ0v) is 15.4. The molecule has 25 heavy (non-hydrogen) atoms. The summed E-state index contributed by atoms with van der Waals surface area (Å²) in [5.41, 5.74) is 3.20. The fraction of sp³-hybridized carbons (Fsp3) is 0.600. The lowest BCUT2D eigenvalue weighted by Gasteiger charge is -2.35. The largest absolute Gasteiger partial charge is 0.337 e. The standard InChI is InChI=1S/C20H29N3O2/c1-15(22-11-5-3-4-6-12-22)20(25)23-13-10-18-17(14-23)8-7-9-19(18)21-16(2)24/h7-9,15H,3-6,10-14H2,1-2H3,(H,21,24)/t15-/m1/s1. The smallest absolute Gasteiger partial charge is 0.239 e. The summed E-state index contributed by atoms with van der Waals surface area (Å²) in [6.45, 7) is 7.01. The first-order chi connectivity index (χ1) is 12.1. The number of benzene rings is 1. The van der Waals surface area contributed by atoms with Gasteiger partial charge in [-0.1, -0.05) is 25.0 Å². The Morgan fingerprint density at radius 1 is 1.08 bits per heavy atom. The van der Waals surface area contributed by atoms with Gasteiger partial charge in [-0.05, 0) is 56.5 Å². The number of likely N-dealkylation sites (tertiary alicyclic amines) is 1. The van der Waals surface area contributed by atoms with Crippen molar-refractivity contribution < 1.29 is 9.59 Å². The Morgan fingerprint density at radius 3 is 2.48 bits per heavy atom. The van der Waals surface area contributed by atoms with Gasteiger partial charge in [0, 0.05) is 25.7 Å². The molecule has 2 aliphatic heterocycles. The molecule has 0 bridgehead atoms. The van der Waals surface area contributed by atoms with Gasteiger partial charge in [0.15, 0.2) is 0 Å². The maximum absolute atomic E-state index is 13.0. The van der Waals surface area contributed by atoms with Gasteiger partial charge in [0.1, 0.15) is 0 Å². The van der Waals surface area contributed by atoms with Gasteiger partial charge in [0.25, 0.3) is 0 Å². The van der Waals surface area contributed by atoms with Gasteiger partial charge in [-0.25, -0.2) is 0 Å². The van der Waals surface area contributed by atoms with Gasteiger partial charge in [-0.2, -0.15) is 0 Å². The van der Waals surface area contributed by atoms with E-state index in [4.69, 9.17) is 0 Å². The number of carbonyl (C=O) groups excluding carboxylic acids is 2. The molecule has 1 fully saturated rings. The van der Waals surface area contributed by atoms with Gasteiger partial charge >= 0.3 is 0 Å². The summed E-state index contributed by atoms with van der Waals surface area (Å²) in [6.07, 6.45) is 5.74. The van der Waals surface area contributed by atoms with Crippen molar-refractivity contribution in [1.82, 2.24) is 9.80 Å². The van der Waals surface area contributed by atoms with Gasteiger partial charge in [0.05, 0.1) is 6.04 Å². The Morgan fingerprint density at radius 2 is 1.80 bits per heavy atom. The van der Waals surface area contributed by atoms with Crippen LogP contribution in [0.3, 0.4) is 0 Å². The van der Waals surface area contributed by atoms with E-state index in [1.807, 2.05) is 17.0 Å². The minimum Gasteiger partial charge on any atom is -0.337 e. The maximum Gasteiger partial charge on any atom is 0.239 e. The molecule has 0 saturated carbocycles. The summed E-state index contributed by atoms with van der Waals surface area (Å²) >= 11 is 0. The maximum atomic E-state index is 13.0. The molecule has 3 rings (SSSR count). The van der Waals surface area contributed by atoms with Crippen molar-refractivity contribution in [3.05, 3.63) is 29.3 Å². The van der Waals surface area contributed by atoms with E-state index in [1.165, 1.54) is 38.2 Å². The average molecular weight is 343 g/mol. The predicted octanol–water partition coefficient (Wildman–Crippen LogP) is 2.79. The van der Waals surface area contributed by atoms with Crippen molar-refractivity contribution >= 4 is 17.5 Å². The lowest BCUT2D eigenvalue weighted by atomic mass is 9.97. The summed E-state index contributed by atoms with van der Waals surface area (Å²) in [6, 6.07) is 5.92. The van der Waals surface area contributed by atoms with Crippen molar-refractivity contribution in [1.29, 1.82) is 0 Å². The first-order valence-electron chi connectivity index (χ1n) is 9.47. The van der Waals surface area contributed by atoms with Crippen molar-refractivity contribution in [2.45, 2.75) is 58.5 Å². The SMILES string of the molecule is CC(=O)Nc1cccc2c1CCN(C(=O)[C@@H](C)N1CCCCCC1)C2. The first kappa shape index (κ1) is 17.9. The van der Waals surface area contributed by atoms with Crippen LogP contribution >= 0.6 is 0 Å². The third-order valence-corrected chi connectivity index (χ3v) is 5.43. The average Bonchev–Trinajstić information content (AvgIpc) is 2.89. The lowest BCUT2D eigenvalue weighted by molar-refractivity contribution is -0.137. The van der Waals surface area contributed by atoms with E-state index in [0.717, 1.165) is 37.3 Å². The fourth-order valence-electron chi connectivity index (χ4n) is 4.01. The summed E-state index contributed by atoms with van der Waals surface area (Å²) < 4.78 is 0. The molecule has 0 aromatic heterocycles. The van der Waals surface area contributed by atoms with Crippen molar-refractivity contribution in [2.24, 2.45) is 0 Å². The molecule has 0 aliphatic carbocycles. The zero-order valence-electron chi connectivity index (χ0n) is 15.4.